The highest BCUT2D eigenvalue weighted by molar-refractivity contribution is 9.11. The van der Waals surface area contributed by atoms with Gasteiger partial charge in [0.05, 0.1) is 10.2 Å². The van der Waals surface area contributed by atoms with Crippen LogP contribution in [0.15, 0.2) is 45.3 Å². The topological polar surface area (TPSA) is 38.3 Å². The summed E-state index contributed by atoms with van der Waals surface area (Å²) in [5.74, 6) is 0.491. The van der Waals surface area contributed by atoms with Crippen molar-refractivity contribution in [3.8, 4) is 5.75 Å². The maximum absolute atomic E-state index is 12.2. The average molecular weight is 483 g/mol. The lowest BCUT2D eigenvalue weighted by atomic mass is 10.1. The number of ether oxygens (including phenoxy) is 1. The molecular formula is C21H25Br2NO2. The van der Waals surface area contributed by atoms with E-state index in [-0.39, 0.29) is 12.5 Å². The minimum atomic E-state index is -0.184. The monoisotopic (exact) mass is 481 g/mol. The molecule has 2 rings (SSSR count). The second-order valence-corrected chi connectivity index (χ2v) is 7.98. The van der Waals surface area contributed by atoms with E-state index in [1.165, 1.54) is 17.5 Å². The van der Waals surface area contributed by atoms with Gasteiger partial charge in [0.25, 0.3) is 5.91 Å². The minimum Gasteiger partial charge on any atom is -0.483 e. The Morgan fingerprint density at radius 1 is 0.962 bits per heavy atom. The number of hydrogen-bond donors (Lipinski definition) is 1. The van der Waals surface area contributed by atoms with Gasteiger partial charge in [-0.05, 0) is 86.5 Å². The molecular weight excluding hydrogens is 458 g/mol. The van der Waals surface area contributed by atoms with Crippen LogP contribution in [0.1, 0.15) is 44.2 Å². The van der Waals surface area contributed by atoms with Crippen LogP contribution in [0, 0.1) is 0 Å². The molecule has 0 heterocycles. The Labute approximate surface area is 172 Å². The van der Waals surface area contributed by atoms with Crippen molar-refractivity contribution in [2.24, 2.45) is 0 Å². The highest BCUT2D eigenvalue weighted by atomic mass is 79.9. The van der Waals surface area contributed by atoms with Gasteiger partial charge in [-0.1, -0.05) is 38.8 Å². The van der Waals surface area contributed by atoms with E-state index in [9.17, 15) is 4.79 Å². The quantitative estimate of drug-likeness (QED) is 0.441. The number of anilines is 1. The van der Waals surface area contributed by atoms with Crippen LogP contribution in [-0.4, -0.2) is 12.5 Å². The SMILES string of the molecule is CCCCc1ccc(NC(=O)COc2ccc(CCC)cc2Br)c(Br)c1. The molecule has 0 unspecified atom stereocenters. The Hall–Kier alpha value is -1.33. The molecule has 2 aromatic carbocycles. The van der Waals surface area contributed by atoms with Gasteiger partial charge in [-0.15, -0.1) is 0 Å². The first-order chi connectivity index (χ1) is 12.5. The largest absolute Gasteiger partial charge is 0.483 e. The van der Waals surface area contributed by atoms with Crippen molar-refractivity contribution in [3.05, 3.63) is 56.5 Å². The van der Waals surface area contributed by atoms with Gasteiger partial charge in [-0.25, -0.2) is 0 Å². The molecule has 2 aromatic rings. The van der Waals surface area contributed by atoms with Gasteiger partial charge in [-0.2, -0.15) is 0 Å². The first kappa shape index (κ1) is 21.0. The molecule has 0 aliphatic heterocycles. The van der Waals surface area contributed by atoms with Crippen LogP contribution in [0.2, 0.25) is 0 Å². The number of nitrogens with one attached hydrogen (secondary N) is 1. The fourth-order valence-corrected chi connectivity index (χ4v) is 3.70. The van der Waals surface area contributed by atoms with E-state index < -0.39 is 0 Å². The second-order valence-electron chi connectivity index (χ2n) is 6.27. The normalized spacial score (nSPS) is 10.6. The molecule has 1 N–H and O–H groups in total. The van der Waals surface area contributed by atoms with Crippen LogP contribution in [0.4, 0.5) is 5.69 Å². The van der Waals surface area contributed by atoms with E-state index in [0.717, 1.165) is 40.3 Å². The Balaban J connectivity index is 1.91. The second kappa shape index (κ2) is 10.7. The molecule has 5 heteroatoms. The number of carbonyl (C=O) groups is 1. The van der Waals surface area contributed by atoms with Crippen molar-refractivity contribution < 1.29 is 9.53 Å². The molecule has 0 atom stereocenters. The lowest BCUT2D eigenvalue weighted by molar-refractivity contribution is -0.118. The zero-order valence-electron chi connectivity index (χ0n) is 15.3. The third-order valence-electron chi connectivity index (χ3n) is 4.02. The van der Waals surface area contributed by atoms with Gasteiger partial charge in [0.2, 0.25) is 0 Å². The molecule has 0 bridgehead atoms. The molecule has 0 aliphatic carbocycles. The third kappa shape index (κ3) is 6.44. The summed E-state index contributed by atoms with van der Waals surface area (Å²) in [6.45, 7) is 4.30. The summed E-state index contributed by atoms with van der Waals surface area (Å²) in [4.78, 5) is 12.2. The number of aryl methyl sites for hydroxylation is 2. The highest BCUT2D eigenvalue weighted by Gasteiger charge is 2.09. The third-order valence-corrected chi connectivity index (χ3v) is 5.30. The van der Waals surface area contributed by atoms with Gasteiger partial charge >= 0.3 is 0 Å². The molecule has 0 saturated carbocycles. The summed E-state index contributed by atoms with van der Waals surface area (Å²) in [6, 6.07) is 12.0. The molecule has 0 radical (unpaired) electrons. The van der Waals surface area contributed by atoms with E-state index in [1.807, 2.05) is 24.3 Å². The molecule has 3 nitrogen and oxygen atoms in total. The van der Waals surface area contributed by atoms with Crippen molar-refractivity contribution in [1.82, 2.24) is 0 Å². The molecule has 1 amide bonds. The number of hydrogen-bond acceptors (Lipinski definition) is 2. The maximum Gasteiger partial charge on any atom is 0.262 e. The summed E-state index contributed by atoms with van der Waals surface area (Å²) >= 11 is 7.04. The lowest BCUT2D eigenvalue weighted by Gasteiger charge is -2.12. The molecule has 0 saturated heterocycles. The molecule has 26 heavy (non-hydrogen) atoms. The number of amides is 1. The van der Waals surface area contributed by atoms with Crippen molar-refractivity contribution in [2.45, 2.75) is 46.0 Å². The van der Waals surface area contributed by atoms with Gasteiger partial charge in [0.1, 0.15) is 5.75 Å². The highest BCUT2D eigenvalue weighted by Crippen LogP contribution is 2.27. The summed E-state index contributed by atoms with van der Waals surface area (Å²) < 4.78 is 7.41. The van der Waals surface area contributed by atoms with E-state index >= 15 is 0 Å². The molecule has 140 valence electrons. The number of halogens is 2. The van der Waals surface area contributed by atoms with Gasteiger partial charge in [0, 0.05) is 4.47 Å². The van der Waals surface area contributed by atoms with E-state index in [2.05, 4.69) is 63.2 Å². The summed E-state index contributed by atoms with van der Waals surface area (Å²) in [6.07, 6.45) is 5.51. The van der Waals surface area contributed by atoms with Crippen LogP contribution < -0.4 is 10.1 Å². The van der Waals surface area contributed by atoms with Crippen molar-refractivity contribution in [3.63, 3.8) is 0 Å². The Morgan fingerprint density at radius 2 is 1.65 bits per heavy atom. The first-order valence-corrected chi connectivity index (χ1v) is 10.6. The lowest BCUT2D eigenvalue weighted by Crippen LogP contribution is -2.20. The summed E-state index contributed by atoms with van der Waals surface area (Å²) in [5.41, 5.74) is 3.28. The van der Waals surface area contributed by atoms with Gasteiger partial charge < -0.3 is 10.1 Å². The van der Waals surface area contributed by atoms with Crippen molar-refractivity contribution in [1.29, 1.82) is 0 Å². The summed E-state index contributed by atoms with van der Waals surface area (Å²) in [5, 5.41) is 2.89. The smallest absolute Gasteiger partial charge is 0.262 e. The number of unbranched alkanes of at least 4 members (excludes halogenated alkanes) is 1. The fraction of sp³-hybridized carbons (Fsp3) is 0.381. The van der Waals surface area contributed by atoms with E-state index in [0.29, 0.717) is 5.75 Å². The standard InChI is InChI=1S/C21H25Br2NO2/c1-3-5-7-16-8-10-19(17(22)12-16)24-21(25)14-26-20-11-9-15(6-4-2)13-18(20)23/h8-13H,3-7,14H2,1-2H3,(H,24,25). The van der Waals surface area contributed by atoms with Crippen LogP contribution in [0.3, 0.4) is 0 Å². The molecule has 0 spiro atoms. The predicted molar refractivity (Wildman–Crippen MR) is 115 cm³/mol. The number of rotatable bonds is 9. The predicted octanol–water partition coefficient (Wildman–Crippen LogP) is 6.52. The van der Waals surface area contributed by atoms with Crippen LogP contribution in [-0.2, 0) is 17.6 Å². The zero-order valence-corrected chi connectivity index (χ0v) is 18.5. The van der Waals surface area contributed by atoms with E-state index in [4.69, 9.17) is 4.74 Å². The van der Waals surface area contributed by atoms with E-state index in [1.54, 1.807) is 0 Å². The Kier molecular flexibility index (Phi) is 8.66. The summed E-state index contributed by atoms with van der Waals surface area (Å²) in [7, 11) is 0. The number of carbonyl (C=O) groups excluding carboxylic acids is 1. The minimum absolute atomic E-state index is 0.0320. The van der Waals surface area contributed by atoms with Crippen LogP contribution in [0.5, 0.6) is 5.75 Å². The van der Waals surface area contributed by atoms with Crippen LogP contribution >= 0.6 is 31.9 Å². The zero-order chi connectivity index (χ0) is 18.9. The Bertz CT molecular complexity index is 747. The van der Waals surface area contributed by atoms with Crippen molar-refractivity contribution in [2.75, 3.05) is 11.9 Å². The Morgan fingerprint density at radius 3 is 2.31 bits per heavy atom. The average Bonchev–Trinajstić information content (AvgIpc) is 2.61. The fourth-order valence-electron chi connectivity index (χ4n) is 2.63. The first-order valence-electron chi connectivity index (χ1n) is 9.03. The van der Waals surface area contributed by atoms with Gasteiger partial charge in [-0.3, -0.25) is 4.79 Å². The number of benzene rings is 2. The van der Waals surface area contributed by atoms with Gasteiger partial charge in [0.15, 0.2) is 6.61 Å². The molecule has 0 aliphatic rings. The van der Waals surface area contributed by atoms with Crippen LogP contribution in [0.25, 0.3) is 0 Å². The van der Waals surface area contributed by atoms with Crippen molar-refractivity contribution >= 4 is 43.5 Å². The maximum atomic E-state index is 12.2. The molecule has 0 aromatic heterocycles. The molecule has 0 fully saturated rings.